The maximum absolute atomic E-state index is 12.6. The Labute approximate surface area is 163 Å². The van der Waals surface area contributed by atoms with Gasteiger partial charge in [0, 0.05) is 37.8 Å². The number of carbonyl (C=O) groups excluding carboxylic acids is 1. The zero-order valence-electron chi connectivity index (χ0n) is 17.0. The Kier molecular flexibility index (Phi) is 5.40. The third kappa shape index (κ3) is 4.29. The number of hydrogen-bond acceptors (Lipinski definition) is 3. The van der Waals surface area contributed by atoms with Crippen molar-refractivity contribution >= 4 is 5.91 Å². The van der Waals surface area contributed by atoms with E-state index in [1.165, 1.54) is 31.2 Å². The van der Waals surface area contributed by atoms with Gasteiger partial charge in [0.15, 0.2) is 0 Å². The molecule has 1 saturated heterocycles. The van der Waals surface area contributed by atoms with E-state index < -0.39 is 0 Å². The SMILES string of the molecule is Cc1nn(C)cc1CN1CCC2(CC1)CC2C(=O)NCCC1=CCCCC1. The van der Waals surface area contributed by atoms with E-state index in [0.717, 1.165) is 57.6 Å². The van der Waals surface area contributed by atoms with Crippen LogP contribution in [-0.2, 0) is 18.4 Å². The minimum absolute atomic E-state index is 0.264. The first-order valence-corrected chi connectivity index (χ1v) is 10.7. The molecular formula is C22H34N4O. The molecule has 5 nitrogen and oxygen atoms in total. The summed E-state index contributed by atoms with van der Waals surface area (Å²) in [4.78, 5) is 15.1. The fourth-order valence-corrected chi connectivity index (χ4v) is 5.07. The fourth-order valence-electron chi connectivity index (χ4n) is 5.07. The number of nitrogens with one attached hydrogen (secondary N) is 1. The molecule has 5 heteroatoms. The van der Waals surface area contributed by atoms with Crippen LogP contribution in [0.4, 0.5) is 0 Å². The highest BCUT2D eigenvalue weighted by Crippen LogP contribution is 2.59. The van der Waals surface area contributed by atoms with Crippen molar-refractivity contribution in [1.82, 2.24) is 20.0 Å². The monoisotopic (exact) mass is 370 g/mol. The smallest absolute Gasteiger partial charge is 0.223 e. The Morgan fingerprint density at radius 3 is 2.81 bits per heavy atom. The van der Waals surface area contributed by atoms with Crippen molar-refractivity contribution in [2.24, 2.45) is 18.4 Å². The third-order valence-corrected chi connectivity index (χ3v) is 7.00. The van der Waals surface area contributed by atoms with Gasteiger partial charge in [0.25, 0.3) is 0 Å². The highest BCUT2D eigenvalue weighted by molar-refractivity contribution is 5.82. The Balaban J connectivity index is 1.20. The van der Waals surface area contributed by atoms with Crippen LogP contribution in [0.5, 0.6) is 0 Å². The number of aryl methyl sites for hydroxylation is 2. The van der Waals surface area contributed by atoms with E-state index in [0.29, 0.717) is 11.3 Å². The molecule has 0 aromatic carbocycles. The number of aromatic nitrogens is 2. The van der Waals surface area contributed by atoms with Gasteiger partial charge in [-0.3, -0.25) is 14.4 Å². The van der Waals surface area contributed by atoms with E-state index >= 15 is 0 Å². The first kappa shape index (κ1) is 18.7. The number of hydrogen-bond donors (Lipinski definition) is 1. The minimum Gasteiger partial charge on any atom is -0.356 e. The van der Waals surface area contributed by atoms with E-state index in [-0.39, 0.29) is 5.92 Å². The van der Waals surface area contributed by atoms with Crippen LogP contribution in [0.1, 0.15) is 62.6 Å². The van der Waals surface area contributed by atoms with Crippen molar-refractivity contribution in [3.63, 3.8) is 0 Å². The Morgan fingerprint density at radius 2 is 2.15 bits per heavy atom. The molecule has 1 N–H and O–H groups in total. The van der Waals surface area contributed by atoms with Crippen LogP contribution in [0.15, 0.2) is 17.8 Å². The molecule has 1 aromatic heterocycles. The van der Waals surface area contributed by atoms with Gasteiger partial charge in [0.05, 0.1) is 5.69 Å². The maximum atomic E-state index is 12.6. The molecule has 0 bridgehead atoms. The third-order valence-electron chi connectivity index (χ3n) is 7.00. The summed E-state index contributed by atoms with van der Waals surface area (Å²) in [6.07, 6.45) is 14.1. The zero-order valence-corrected chi connectivity index (χ0v) is 17.0. The van der Waals surface area contributed by atoms with Gasteiger partial charge in [-0.25, -0.2) is 0 Å². The van der Waals surface area contributed by atoms with Gasteiger partial charge in [-0.05, 0) is 76.8 Å². The number of rotatable bonds is 6. The summed E-state index contributed by atoms with van der Waals surface area (Å²) >= 11 is 0. The molecule has 1 aliphatic heterocycles. The van der Waals surface area contributed by atoms with Crippen LogP contribution in [0.2, 0.25) is 0 Å². The zero-order chi connectivity index (χ0) is 18.9. The molecule has 3 aliphatic rings. The molecule has 148 valence electrons. The van der Waals surface area contributed by atoms with Crippen molar-refractivity contribution in [3.05, 3.63) is 29.1 Å². The second-order valence-electron chi connectivity index (χ2n) is 8.96. The van der Waals surface area contributed by atoms with Crippen LogP contribution >= 0.6 is 0 Å². The molecule has 1 saturated carbocycles. The summed E-state index contributed by atoms with van der Waals surface area (Å²) in [7, 11) is 1.99. The molecule has 1 unspecified atom stereocenters. The van der Waals surface area contributed by atoms with Crippen LogP contribution in [0, 0.1) is 18.3 Å². The molecule has 27 heavy (non-hydrogen) atoms. The van der Waals surface area contributed by atoms with E-state index in [1.54, 1.807) is 5.57 Å². The number of allylic oxidation sites excluding steroid dienone is 1. The Hall–Kier alpha value is -1.62. The average Bonchev–Trinajstić information content (AvgIpc) is 3.27. The lowest BCUT2D eigenvalue weighted by molar-refractivity contribution is -0.123. The summed E-state index contributed by atoms with van der Waals surface area (Å²) < 4.78 is 1.90. The highest BCUT2D eigenvalue weighted by atomic mass is 16.2. The lowest BCUT2D eigenvalue weighted by atomic mass is 9.90. The van der Waals surface area contributed by atoms with Crippen molar-refractivity contribution in [2.45, 2.75) is 64.8 Å². The standard InChI is InChI=1S/C22H34N4O/c1-17-19(15-25(2)24-17)16-26-12-9-22(10-13-26)14-20(22)21(27)23-11-8-18-6-4-3-5-7-18/h6,15,20H,3-5,7-14,16H2,1-2H3,(H,23,27). The van der Waals surface area contributed by atoms with Crippen molar-refractivity contribution in [1.29, 1.82) is 0 Å². The predicted octanol–water partition coefficient (Wildman–Crippen LogP) is 3.34. The van der Waals surface area contributed by atoms with Gasteiger partial charge < -0.3 is 5.32 Å². The minimum atomic E-state index is 0.264. The van der Waals surface area contributed by atoms with Gasteiger partial charge >= 0.3 is 0 Å². The van der Waals surface area contributed by atoms with E-state index in [4.69, 9.17) is 0 Å². The molecule has 1 aromatic rings. The molecule has 4 rings (SSSR count). The largest absolute Gasteiger partial charge is 0.356 e. The molecule has 0 radical (unpaired) electrons. The van der Waals surface area contributed by atoms with Crippen LogP contribution in [-0.4, -0.2) is 40.2 Å². The molecule has 2 heterocycles. The summed E-state index contributed by atoms with van der Waals surface area (Å²) in [5, 5.41) is 7.67. The van der Waals surface area contributed by atoms with Gasteiger partial charge in [0.2, 0.25) is 5.91 Å². The lowest BCUT2D eigenvalue weighted by Crippen LogP contribution is -2.37. The second kappa shape index (κ2) is 7.78. The predicted molar refractivity (Wildman–Crippen MR) is 107 cm³/mol. The molecule has 2 fully saturated rings. The van der Waals surface area contributed by atoms with Gasteiger partial charge in [-0.15, -0.1) is 0 Å². The topological polar surface area (TPSA) is 50.2 Å². The first-order chi connectivity index (χ1) is 13.1. The van der Waals surface area contributed by atoms with Crippen molar-refractivity contribution < 1.29 is 4.79 Å². The maximum Gasteiger partial charge on any atom is 0.223 e. The number of piperidine rings is 1. The molecule has 1 atom stereocenters. The number of nitrogens with zero attached hydrogens (tertiary/aromatic N) is 3. The number of likely N-dealkylation sites (tertiary alicyclic amines) is 1. The molecule has 1 spiro atoms. The highest BCUT2D eigenvalue weighted by Gasteiger charge is 2.58. The van der Waals surface area contributed by atoms with Crippen LogP contribution < -0.4 is 5.32 Å². The Bertz CT molecular complexity index is 712. The molecule has 2 aliphatic carbocycles. The van der Waals surface area contributed by atoms with Crippen molar-refractivity contribution in [3.8, 4) is 0 Å². The summed E-state index contributed by atoms with van der Waals surface area (Å²) in [5.74, 6) is 0.572. The first-order valence-electron chi connectivity index (χ1n) is 10.7. The summed E-state index contributed by atoms with van der Waals surface area (Å²) in [5.41, 5.74) is 4.31. The van der Waals surface area contributed by atoms with Gasteiger partial charge in [-0.1, -0.05) is 11.6 Å². The van der Waals surface area contributed by atoms with E-state index in [2.05, 4.69) is 34.5 Å². The molecular weight excluding hydrogens is 336 g/mol. The quantitative estimate of drug-likeness (QED) is 0.782. The summed E-state index contributed by atoms with van der Waals surface area (Å²) in [6, 6.07) is 0. The normalized spacial score (nSPS) is 24.7. The molecule has 1 amide bonds. The number of carbonyl (C=O) groups is 1. The van der Waals surface area contributed by atoms with Crippen LogP contribution in [0.3, 0.4) is 0 Å². The average molecular weight is 371 g/mol. The fraction of sp³-hybridized carbons (Fsp3) is 0.727. The lowest BCUT2D eigenvalue weighted by Gasteiger charge is -2.32. The van der Waals surface area contributed by atoms with E-state index in [9.17, 15) is 4.79 Å². The van der Waals surface area contributed by atoms with Crippen molar-refractivity contribution in [2.75, 3.05) is 19.6 Å². The Morgan fingerprint density at radius 1 is 1.33 bits per heavy atom. The van der Waals surface area contributed by atoms with Gasteiger partial charge in [0.1, 0.15) is 0 Å². The summed E-state index contributed by atoms with van der Waals surface area (Å²) in [6.45, 7) is 6.10. The van der Waals surface area contributed by atoms with Gasteiger partial charge in [-0.2, -0.15) is 5.10 Å². The van der Waals surface area contributed by atoms with E-state index in [1.807, 2.05) is 11.7 Å². The number of amides is 1. The van der Waals surface area contributed by atoms with Crippen LogP contribution in [0.25, 0.3) is 0 Å². The second-order valence-corrected chi connectivity index (χ2v) is 8.96.